The average Bonchev–Trinajstić information content (AvgIpc) is 2.46. The Labute approximate surface area is 122 Å². The Kier molecular flexibility index (Phi) is 5.86. The highest BCUT2D eigenvalue weighted by molar-refractivity contribution is 5.31. The number of hydrogen-bond donors (Lipinski definition) is 2. The highest BCUT2D eigenvalue weighted by Gasteiger charge is 2.18. The first-order valence-corrected chi connectivity index (χ1v) is 7.75. The number of benzene rings is 1. The second-order valence-corrected chi connectivity index (χ2v) is 6.10. The van der Waals surface area contributed by atoms with E-state index in [-0.39, 0.29) is 0 Å². The normalized spacial score (nSPS) is 24.4. The minimum absolute atomic E-state index is 0.348. The van der Waals surface area contributed by atoms with Crippen molar-refractivity contribution in [2.24, 2.45) is 5.92 Å². The Balaban J connectivity index is 1.65. The highest BCUT2D eigenvalue weighted by atomic mass is 16.5. The van der Waals surface area contributed by atoms with Crippen LogP contribution in [0.5, 0.6) is 5.75 Å². The molecule has 2 rings (SSSR count). The van der Waals surface area contributed by atoms with Crippen LogP contribution in [-0.2, 0) is 0 Å². The molecule has 0 amide bonds. The molecule has 1 aliphatic carbocycles. The maximum atomic E-state index is 10.00. The minimum Gasteiger partial charge on any atom is -0.491 e. The fourth-order valence-electron chi connectivity index (χ4n) is 2.73. The molecule has 0 spiro atoms. The standard InChI is InChI=1S/C17H27NO2/c1-13-7-9-15(10-8-13)18-11-16(19)12-20-17-6-4-3-5-14(17)2/h3-6,13,15-16,18-19H,7-12H2,1-2H3. The van der Waals surface area contributed by atoms with Crippen molar-refractivity contribution in [3.8, 4) is 5.75 Å². The van der Waals surface area contributed by atoms with Crippen LogP contribution in [0.15, 0.2) is 24.3 Å². The SMILES string of the molecule is Cc1ccccc1OCC(O)CNC1CCC(C)CC1. The summed E-state index contributed by atoms with van der Waals surface area (Å²) in [6.07, 6.45) is 4.61. The lowest BCUT2D eigenvalue weighted by atomic mass is 9.87. The van der Waals surface area contributed by atoms with Crippen LogP contribution in [-0.4, -0.2) is 30.4 Å². The molecule has 112 valence electrons. The zero-order valence-corrected chi connectivity index (χ0v) is 12.6. The Morgan fingerprint density at radius 2 is 1.95 bits per heavy atom. The molecule has 0 aromatic heterocycles. The lowest BCUT2D eigenvalue weighted by molar-refractivity contribution is 0.100. The monoisotopic (exact) mass is 277 g/mol. The molecule has 20 heavy (non-hydrogen) atoms. The number of aliphatic hydroxyl groups excluding tert-OH is 1. The van der Waals surface area contributed by atoms with Crippen molar-refractivity contribution in [1.82, 2.24) is 5.32 Å². The predicted octanol–water partition coefficient (Wildman–Crippen LogP) is 2.90. The van der Waals surface area contributed by atoms with E-state index in [0.29, 0.717) is 19.2 Å². The molecular weight excluding hydrogens is 250 g/mol. The third-order valence-corrected chi connectivity index (χ3v) is 4.18. The summed E-state index contributed by atoms with van der Waals surface area (Å²) in [6.45, 7) is 5.30. The Morgan fingerprint density at radius 3 is 2.65 bits per heavy atom. The van der Waals surface area contributed by atoms with Gasteiger partial charge in [0, 0.05) is 12.6 Å². The molecular formula is C17H27NO2. The van der Waals surface area contributed by atoms with E-state index in [0.717, 1.165) is 17.2 Å². The lowest BCUT2D eigenvalue weighted by Gasteiger charge is -2.27. The Morgan fingerprint density at radius 1 is 1.25 bits per heavy atom. The van der Waals surface area contributed by atoms with Crippen molar-refractivity contribution in [2.75, 3.05) is 13.2 Å². The summed E-state index contributed by atoms with van der Waals surface area (Å²) in [6, 6.07) is 8.47. The first-order chi connectivity index (χ1) is 9.65. The van der Waals surface area contributed by atoms with Crippen LogP contribution in [0.1, 0.15) is 38.2 Å². The van der Waals surface area contributed by atoms with Gasteiger partial charge in [-0.25, -0.2) is 0 Å². The second kappa shape index (κ2) is 7.65. The minimum atomic E-state index is -0.450. The number of hydrogen-bond acceptors (Lipinski definition) is 3. The molecule has 1 saturated carbocycles. The Hall–Kier alpha value is -1.06. The Bertz CT molecular complexity index is 400. The van der Waals surface area contributed by atoms with Gasteiger partial charge in [0.1, 0.15) is 18.5 Å². The zero-order chi connectivity index (χ0) is 14.4. The van der Waals surface area contributed by atoms with E-state index in [9.17, 15) is 5.11 Å². The molecule has 3 heteroatoms. The van der Waals surface area contributed by atoms with Crippen LogP contribution >= 0.6 is 0 Å². The summed E-state index contributed by atoms with van der Waals surface area (Å²) in [5.41, 5.74) is 1.11. The number of para-hydroxylation sites is 1. The molecule has 3 nitrogen and oxygen atoms in total. The summed E-state index contributed by atoms with van der Waals surface area (Å²) in [4.78, 5) is 0. The van der Waals surface area contributed by atoms with Gasteiger partial charge in [-0.05, 0) is 50.2 Å². The van der Waals surface area contributed by atoms with Gasteiger partial charge in [0.25, 0.3) is 0 Å². The summed E-state index contributed by atoms with van der Waals surface area (Å²) in [5, 5.41) is 13.5. The molecule has 0 bridgehead atoms. The van der Waals surface area contributed by atoms with E-state index in [4.69, 9.17) is 4.74 Å². The van der Waals surface area contributed by atoms with Crippen LogP contribution in [0.25, 0.3) is 0 Å². The molecule has 0 radical (unpaired) electrons. The van der Waals surface area contributed by atoms with Crippen LogP contribution in [0.2, 0.25) is 0 Å². The van der Waals surface area contributed by atoms with Gasteiger partial charge >= 0.3 is 0 Å². The fourth-order valence-corrected chi connectivity index (χ4v) is 2.73. The molecule has 1 unspecified atom stereocenters. The van der Waals surface area contributed by atoms with Crippen LogP contribution in [0, 0.1) is 12.8 Å². The molecule has 0 aliphatic heterocycles. The zero-order valence-electron chi connectivity index (χ0n) is 12.6. The van der Waals surface area contributed by atoms with Crippen molar-refractivity contribution in [3.05, 3.63) is 29.8 Å². The van der Waals surface area contributed by atoms with Gasteiger partial charge in [-0.15, -0.1) is 0 Å². The molecule has 1 aromatic carbocycles. The molecule has 1 aliphatic rings. The molecule has 1 atom stereocenters. The lowest BCUT2D eigenvalue weighted by Crippen LogP contribution is -2.39. The summed E-state index contributed by atoms with van der Waals surface area (Å²) >= 11 is 0. The molecule has 0 saturated heterocycles. The maximum Gasteiger partial charge on any atom is 0.122 e. The molecule has 0 heterocycles. The summed E-state index contributed by atoms with van der Waals surface area (Å²) in [5.74, 6) is 1.72. The van der Waals surface area contributed by atoms with E-state index in [1.807, 2.05) is 31.2 Å². The number of rotatable bonds is 6. The second-order valence-electron chi connectivity index (χ2n) is 6.10. The van der Waals surface area contributed by atoms with E-state index in [2.05, 4.69) is 12.2 Å². The van der Waals surface area contributed by atoms with Gasteiger partial charge in [-0.3, -0.25) is 0 Å². The smallest absolute Gasteiger partial charge is 0.122 e. The van der Waals surface area contributed by atoms with Crippen molar-refractivity contribution in [1.29, 1.82) is 0 Å². The van der Waals surface area contributed by atoms with Crippen molar-refractivity contribution in [2.45, 2.75) is 51.7 Å². The van der Waals surface area contributed by atoms with Crippen molar-refractivity contribution >= 4 is 0 Å². The average molecular weight is 277 g/mol. The number of ether oxygens (including phenoxy) is 1. The third kappa shape index (κ3) is 4.80. The molecule has 1 aromatic rings. The van der Waals surface area contributed by atoms with E-state index in [1.54, 1.807) is 0 Å². The van der Waals surface area contributed by atoms with Crippen LogP contribution in [0.3, 0.4) is 0 Å². The summed E-state index contributed by atoms with van der Waals surface area (Å²) in [7, 11) is 0. The fraction of sp³-hybridized carbons (Fsp3) is 0.647. The van der Waals surface area contributed by atoms with E-state index < -0.39 is 6.10 Å². The highest BCUT2D eigenvalue weighted by Crippen LogP contribution is 2.23. The van der Waals surface area contributed by atoms with Gasteiger partial charge in [-0.2, -0.15) is 0 Å². The van der Waals surface area contributed by atoms with Crippen LogP contribution < -0.4 is 10.1 Å². The first kappa shape index (κ1) is 15.3. The largest absolute Gasteiger partial charge is 0.491 e. The maximum absolute atomic E-state index is 10.00. The van der Waals surface area contributed by atoms with E-state index in [1.165, 1.54) is 25.7 Å². The van der Waals surface area contributed by atoms with Gasteiger partial charge in [0.15, 0.2) is 0 Å². The number of nitrogens with one attached hydrogen (secondary N) is 1. The van der Waals surface area contributed by atoms with E-state index >= 15 is 0 Å². The van der Waals surface area contributed by atoms with Gasteiger partial charge < -0.3 is 15.2 Å². The van der Waals surface area contributed by atoms with Crippen molar-refractivity contribution < 1.29 is 9.84 Å². The van der Waals surface area contributed by atoms with Crippen LogP contribution in [0.4, 0.5) is 0 Å². The predicted molar refractivity (Wildman–Crippen MR) is 82.1 cm³/mol. The topological polar surface area (TPSA) is 41.5 Å². The quantitative estimate of drug-likeness (QED) is 0.840. The number of aryl methyl sites for hydroxylation is 1. The molecule has 2 N–H and O–H groups in total. The van der Waals surface area contributed by atoms with Gasteiger partial charge in [0.05, 0.1) is 0 Å². The third-order valence-electron chi connectivity index (χ3n) is 4.18. The van der Waals surface area contributed by atoms with Gasteiger partial charge in [0.2, 0.25) is 0 Å². The summed E-state index contributed by atoms with van der Waals surface area (Å²) < 4.78 is 5.67. The van der Waals surface area contributed by atoms with Crippen molar-refractivity contribution in [3.63, 3.8) is 0 Å². The molecule has 1 fully saturated rings. The first-order valence-electron chi connectivity index (χ1n) is 7.75. The van der Waals surface area contributed by atoms with Gasteiger partial charge in [-0.1, -0.05) is 25.1 Å². The number of aliphatic hydroxyl groups is 1.